The maximum Gasteiger partial charge on any atom is 0.405 e. The number of benzene rings is 2. The van der Waals surface area contributed by atoms with Gasteiger partial charge in [-0.3, -0.25) is 4.79 Å². The summed E-state index contributed by atoms with van der Waals surface area (Å²) in [6, 6.07) is 9.89. The molecule has 0 spiro atoms. The number of anilines is 1. The number of amides is 1. The first-order chi connectivity index (χ1) is 10.4. The summed E-state index contributed by atoms with van der Waals surface area (Å²) >= 11 is 0. The van der Waals surface area contributed by atoms with E-state index in [4.69, 9.17) is 0 Å². The summed E-state index contributed by atoms with van der Waals surface area (Å²) in [7, 11) is 0. The van der Waals surface area contributed by atoms with E-state index in [9.17, 15) is 18.0 Å². The number of rotatable bonds is 4. The Morgan fingerprint density at radius 3 is 2.55 bits per heavy atom. The predicted octanol–water partition coefficient (Wildman–Crippen LogP) is 3.03. The standard InChI is InChI=1S/C16H15F3N2O/c17-16(18,19)9-21-14(22)8-20-13-7-6-11-5-4-10-2-1-3-12(13)15(10)11/h1-3,6-7,20H,4-5,8-9H2,(H,21,22). The van der Waals surface area contributed by atoms with Crippen LogP contribution >= 0.6 is 0 Å². The molecular weight excluding hydrogens is 293 g/mol. The maximum atomic E-state index is 12.0. The molecule has 1 amide bonds. The molecule has 0 aromatic heterocycles. The molecule has 0 bridgehead atoms. The summed E-state index contributed by atoms with van der Waals surface area (Å²) in [5.74, 6) is -0.680. The first kappa shape index (κ1) is 14.7. The van der Waals surface area contributed by atoms with Gasteiger partial charge in [0.1, 0.15) is 6.54 Å². The van der Waals surface area contributed by atoms with E-state index in [1.165, 1.54) is 16.5 Å². The second-order valence-electron chi connectivity index (χ2n) is 5.36. The quantitative estimate of drug-likeness (QED) is 0.911. The fourth-order valence-electron chi connectivity index (χ4n) is 2.84. The largest absolute Gasteiger partial charge is 0.405 e. The average molecular weight is 308 g/mol. The van der Waals surface area contributed by atoms with Gasteiger partial charge in [0, 0.05) is 11.1 Å². The molecule has 0 atom stereocenters. The lowest BCUT2D eigenvalue weighted by molar-refractivity contribution is -0.137. The number of carbonyl (C=O) groups excluding carboxylic acids is 1. The Morgan fingerprint density at radius 2 is 1.82 bits per heavy atom. The first-order valence-electron chi connectivity index (χ1n) is 7.05. The second kappa shape index (κ2) is 5.51. The Morgan fingerprint density at radius 1 is 1.09 bits per heavy atom. The van der Waals surface area contributed by atoms with Crippen molar-refractivity contribution in [2.24, 2.45) is 0 Å². The number of carbonyl (C=O) groups is 1. The van der Waals surface area contributed by atoms with Crippen LogP contribution in [0.15, 0.2) is 30.3 Å². The molecule has 2 aromatic carbocycles. The number of halogens is 3. The highest BCUT2D eigenvalue weighted by atomic mass is 19.4. The van der Waals surface area contributed by atoms with Crippen LogP contribution in [0.3, 0.4) is 0 Å². The van der Waals surface area contributed by atoms with Crippen LogP contribution in [0.5, 0.6) is 0 Å². The Bertz CT molecular complexity index is 715. The Kier molecular flexibility index (Phi) is 3.68. The minimum Gasteiger partial charge on any atom is -0.376 e. The molecular formula is C16H15F3N2O. The highest BCUT2D eigenvalue weighted by Crippen LogP contribution is 2.34. The van der Waals surface area contributed by atoms with E-state index < -0.39 is 18.6 Å². The lowest BCUT2D eigenvalue weighted by atomic mass is 10.0. The third-order valence-corrected chi connectivity index (χ3v) is 3.80. The monoisotopic (exact) mass is 308 g/mol. The van der Waals surface area contributed by atoms with Crippen LogP contribution in [0.25, 0.3) is 10.8 Å². The van der Waals surface area contributed by atoms with Gasteiger partial charge in [-0.25, -0.2) is 0 Å². The third kappa shape index (κ3) is 3.00. The molecule has 22 heavy (non-hydrogen) atoms. The summed E-state index contributed by atoms with van der Waals surface area (Å²) in [4.78, 5) is 11.5. The number of nitrogens with one attached hydrogen (secondary N) is 2. The molecule has 1 aliphatic rings. The average Bonchev–Trinajstić information content (AvgIpc) is 2.89. The Labute approximate surface area is 125 Å². The lowest BCUT2D eigenvalue weighted by Crippen LogP contribution is -2.37. The third-order valence-electron chi connectivity index (χ3n) is 3.80. The molecule has 2 aromatic rings. The van der Waals surface area contributed by atoms with Gasteiger partial charge in [-0.2, -0.15) is 13.2 Å². The number of aryl methyl sites for hydroxylation is 2. The van der Waals surface area contributed by atoms with E-state index in [0.717, 1.165) is 23.9 Å². The van der Waals surface area contributed by atoms with Crippen molar-refractivity contribution in [1.29, 1.82) is 0 Å². The molecule has 0 radical (unpaired) electrons. The van der Waals surface area contributed by atoms with E-state index in [1.807, 2.05) is 29.6 Å². The van der Waals surface area contributed by atoms with Gasteiger partial charge in [-0.05, 0) is 35.4 Å². The molecule has 0 unspecified atom stereocenters. The summed E-state index contributed by atoms with van der Waals surface area (Å²) < 4.78 is 36.1. The van der Waals surface area contributed by atoms with Crippen LogP contribution in [0.4, 0.5) is 18.9 Å². The van der Waals surface area contributed by atoms with Crippen molar-refractivity contribution < 1.29 is 18.0 Å². The van der Waals surface area contributed by atoms with E-state index >= 15 is 0 Å². The van der Waals surface area contributed by atoms with Crippen LogP contribution in [0.1, 0.15) is 11.1 Å². The van der Waals surface area contributed by atoms with Gasteiger partial charge >= 0.3 is 6.18 Å². The van der Waals surface area contributed by atoms with Gasteiger partial charge in [0.15, 0.2) is 0 Å². The van der Waals surface area contributed by atoms with E-state index in [2.05, 4.69) is 11.4 Å². The number of hydrogen-bond donors (Lipinski definition) is 2. The van der Waals surface area contributed by atoms with Crippen LogP contribution in [-0.4, -0.2) is 25.2 Å². The summed E-state index contributed by atoms with van der Waals surface area (Å²) in [5, 5.41) is 6.98. The number of alkyl halides is 3. The molecule has 0 aliphatic heterocycles. The van der Waals surface area contributed by atoms with Crippen molar-refractivity contribution in [3.05, 3.63) is 41.5 Å². The van der Waals surface area contributed by atoms with Crippen molar-refractivity contribution in [2.45, 2.75) is 19.0 Å². The molecule has 3 nitrogen and oxygen atoms in total. The Hall–Kier alpha value is -2.24. The van der Waals surface area contributed by atoms with Crippen molar-refractivity contribution in [3.63, 3.8) is 0 Å². The van der Waals surface area contributed by atoms with Crippen molar-refractivity contribution >= 4 is 22.4 Å². The predicted molar refractivity (Wildman–Crippen MR) is 78.9 cm³/mol. The fraction of sp³-hybridized carbons (Fsp3) is 0.312. The van der Waals surface area contributed by atoms with Gasteiger partial charge in [-0.15, -0.1) is 0 Å². The van der Waals surface area contributed by atoms with Crippen molar-refractivity contribution in [2.75, 3.05) is 18.4 Å². The zero-order valence-electron chi connectivity index (χ0n) is 11.8. The highest BCUT2D eigenvalue weighted by Gasteiger charge is 2.27. The SMILES string of the molecule is O=C(CNc1ccc2c3c(cccc13)CC2)NCC(F)(F)F. The molecule has 1 aliphatic carbocycles. The topological polar surface area (TPSA) is 41.1 Å². The van der Waals surface area contributed by atoms with Crippen LogP contribution < -0.4 is 10.6 Å². The van der Waals surface area contributed by atoms with Crippen LogP contribution in [0, 0.1) is 0 Å². The Balaban J connectivity index is 1.72. The summed E-state index contributed by atoms with van der Waals surface area (Å²) in [5.41, 5.74) is 3.32. The summed E-state index contributed by atoms with van der Waals surface area (Å²) in [6.45, 7) is -1.49. The lowest BCUT2D eigenvalue weighted by Gasteiger charge is -2.12. The van der Waals surface area contributed by atoms with Crippen LogP contribution in [0.2, 0.25) is 0 Å². The maximum absolute atomic E-state index is 12.0. The minimum absolute atomic E-state index is 0.186. The fourth-order valence-corrected chi connectivity index (χ4v) is 2.84. The number of hydrogen-bond acceptors (Lipinski definition) is 2. The summed E-state index contributed by atoms with van der Waals surface area (Å²) in [6.07, 6.45) is -2.39. The molecule has 0 heterocycles. The van der Waals surface area contributed by atoms with E-state index in [0.29, 0.717) is 0 Å². The van der Waals surface area contributed by atoms with Gasteiger partial charge in [0.2, 0.25) is 5.91 Å². The van der Waals surface area contributed by atoms with Gasteiger partial charge < -0.3 is 10.6 Å². The zero-order chi connectivity index (χ0) is 15.7. The molecule has 0 fully saturated rings. The van der Waals surface area contributed by atoms with Crippen LogP contribution in [-0.2, 0) is 17.6 Å². The van der Waals surface area contributed by atoms with Gasteiger partial charge in [0.25, 0.3) is 0 Å². The molecule has 6 heteroatoms. The van der Waals surface area contributed by atoms with E-state index in [1.54, 1.807) is 0 Å². The molecule has 0 saturated carbocycles. The van der Waals surface area contributed by atoms with Crippen molar-refractivity contribution in [3.8, 4) is 0 Å². The minimum atomic E-state index is -4.39. The smallest absolute Gasteiger partial charge is 0.376 e. The van der Waals surface area contributed by atoms with E-state index in [-0.39, 0.29) is 6.54 Å². The molecule has 0 saturated heterocycles. The molecule has 116 valence electrons. The van der Waals surface area contributed by atoms with Gasteiger partial charge in [0.05, 0.1) is 6.54 Å². The second-order valence-corrected chi connectivity index (χ2v) is 5.36. The van der Waals surface area contributed by atoms with Gasteiger partial charge in [-0.1, -0.05) is 24.3 Å². The first-order valence-corrected chi connectivity index (χ1v) is 7.05. The van der Waals surface area contributed by atoms with Crippen molar-refractivity contribution in [1.82, 2.24) is 5.32 Å². The normalized spacial score (nSPS) is 13.4. The molecule has 3 rings (SSSR count). The molecule has 2 N–H and O–H groups in total. The zero-order valence-corrected chi connectivity index (χ0v) is 11.8. The highest BCUT2D eigenvalue weighted by molar-refractivity contribution is 6.00.